The van der Waals surface area contributed by atoms with E-state index in [0.29, 0.717) is 17.3 Å². The Morgan fingerprint density at radius 2 is 1.76 bits per heavy atom. The van der Waals surface area contributed by atoms with E-state index in [9.17, 15) is 5.11 Å². The quantitative estimate of drug-likeness (QED) is 0.737. The van der Waals surface area contributed by atoms with Gasteiger partial charge in [0.1, 0.15) is 18.5 Å². The normalized spacial score (nSPS) is 12.1. The smallest absolute Gasteiger partial charge is 0.138 e. The second-order valence-electron chi connectivity index (χ2n) is 4.83. The molecule has 0 aliphatic rings. The molecule has 112 valence electrons. The Kier molecular flexibility index (Phi) is 6.54. The molecule has 0 amide bonds. The number of para-hydroxylation sites is 1. The number of ether oxygens (including phenoxy) is 1. The van der Waals surface area contributed by atoms with Crippen molar-refractivity contribution in [2.45, 2.75) is 12.5 Å². The summed E-state index contributed by atoms with van der Waals surface area (Å²) in [6.45, 7) is 1.55. The van der Waals surface area contributed by atoms with Crippen LogP contribution in [-0.4, -0.2) is 30.9 Å². The van der Waals surface area contributed by atoms with E-state index in [0.717, 1.165) is 13.0 Å². The first-order chi connectivity index (χ1) is 10.3. The van der Waals surface area contributed by atoms with Crippen molar-refractivity contribution < 1.29 is 9.84 Å². The molecule has 0 aliphatic carbocycles. The number of halogens is 1. The van der Waals surface area contributed by atoms with Crippen LogP contribution < -0.4 is 10.1 Å². The van der Waals surface area contributed by atoms with E-state index in [4.69, 9.17) is 16.3 Å². The van der Waals surface area contributed by atoms with Crippen molar-refractivity contribution in [3.05, 3.63) is 65.2 Å². The lowest BCUT2D eigenvalue weighted by atomic mass is 10.1. The zero-order valence-electron chi connectivity index (χ0n) is 11.8. The predicted octanol–water partition coefficient (Wildman–Crippen LogP) is 2.91. The van der Waals surface area contributed by atoms with Crippen LogP contribution in [0.4, 0.5) is 0 Å². The summed E-state index contributed by atoms with van der Waals surface area (Å²) < 4.78 is 5.49. The Hall–Kier alpha value is -1.55. The van der Waals surface area contributed by atoms with Gasteiger partial charge in [0, 0.05) is 6.54 Å². The molecule has 3 nitrogen and oxygen atoms in total. The van der Waals surface area contributed by atoms with Gasteiger partial charge < -0.3 is 15.2 Å². The summed E-state index contributed by atoms with van der Waals surface area (Å²) in [5, 5.41) is 13.6. The molecule has 0 aliphatic heterocycles. The number of aliphatic hydroxyl groups is 1. The van der Waals surface area contributed by atoms with Gasteiger partial charge in [-0.05, 0) is 30.7 Å². The Morgan fingerprint density at radius 3 is 2.52 bits per heavy atom. The van der Waals surface area contributed by atoms with Crippen LogP contribution in [-0.2, 0) is 6.42 Å². The molecule has 0 fully saturated rings. The SMILES string of the molecule is O[C@H](CNCCc1ccccc1)COc1ccccc1Cl. The fraction of sp³-hybridized carbons (Fsp3) is 0.294. The first-order valence-electron chi connectivity index (χ1n) is 7.06. The Bertz CT molecular complexity index is 533. The fourth-order valence-electron chi connectivity index (χ4n) is 1.95. The van der Waals surface area contributed by atoms with Crippen molar-refractivity contribution in [1.82, 2.24) is 5.32 Å². The van der Waals surface area contributed by atoms with Gasteiger partial charge in [-0.1, -0.05) is 54.1 Å². The predicted molar refractivity (Wildman–Crippen MR) is 86.0 cm³/mol. The first-order valence-corrected chi connectivity index (χ1v) is 7.43. The summed E-state index contributed by atoms with van der Waals surface area (Å²) in [6, 6.07) is 17.5. The summed E-state index contributed by atoms with van der Waals surface area (Å²) in [4.78, 5) is 0. The summed E-state index contributed by atoms with van der Waals surface area (Å²) in [7, 11) is 0. The van der Waals surface area contributed by atoms with E-state index in [-0.39, 0.29) is 6.61 Å². The molecule has 1 atom stereocenters. The summed E-state index contributed by atoms with van der Waals surface area (Å²) in [5.74, 6) is 0.600. The highest BCUT2D eigenvalue weighted by Crippen LogP contribution is 2.22. The highest BCUT2D eigenvalue weighted by Gasteiger charge is 2.06. The van der Waals surface area contributed by atoms with E-state index in [1.54, 1.807) is 12.1 Å². The van der Waals surface area contributed by atoms with Gasteiger partial charge in [0.15, 0.2) is 0 Å². The van der Waals surface area contributed by atoms with Crippen LogP contribution in [0.1, 0.15) is 5.56 Å². The molecule has 4 heteroatoms. The molecule has 21 heavy (non-hydrogen) atoms. The lowest BCUT2D eigenvalue weighted by molar-refractivity contribution is 0.107. The largest absolute Gasteiger partial charge is 0.489 e. The number of hydrogen-bond donors (Lipinski definition) is 2. The standard InChI is InChI=1S/C17H20ClNO2/c18-16-8-4-5-9-17(16)21-13-15(20)12-19-11-10-14-6-2-1-3-7-14/h1-9,15,19-20H,10-13H2/t15-/m1/s1. The minimum absolute atomic E-state index is 0.224. The van der Waals surface area contributed by atoms with E-state index < -0.39 is 6.10 Å². The number of hydrogen-bond acceptors (Lipinski definition) is 3. The van der Waals surface area contributed by atoms with Crippen LogP contribution in [0, 0.1) is 0 Å². The van der Waals surface area contributed by atoms with Crippen molar-refractivity contribution in [2.75, 3.05) is 19.7 Å². The van der Waals surface area contributed by atoms with Gasteiger partial charge in [0.2, 0.25) is 0 Å². The van der Waals surface area contributed by atoms with E-state index in [2.05, 4.69) is 17.4 Å². The average molecular weight is 306 g/mol. The van der Waals surface area contributed by atoms with Gasteiger partial charge in [-0.15, -0.1) is 0 Å². The maximum atomic E-state index is 9.87. The van der Waals surface area contributed by atoms with Crippen molar-refractivity contribution in [2.24, 2.45) is 0 Å². The van der Waals surface area contributed by atoms with Crippen LogP contribution in [0.5, 0.6) is 5.75 Å². The fourth-order valence-corrected chi connectivity index (χ4v) is 2.14. The Labute approximate surface area is 130 Å². The number of rotatable bonds is 8. The van der Waals surface area contributed by atoms with E-state index in [1.165, 1.54) is 5.56 Å². The molecule has 0 aromatic heterocycles. The molecule has 0 unspecified atom stereocenters. The van der Waals surface area contributed by atoms with Crippen molar-refractivity contribution in [1.29, 1.82) is 0 Å². The maximum Gasteiger partial charge on any atom is 0.138 e. The van der Waals surface area contributed by atoms with Gasteiger partial charge in [-0.2, -0.15) is 0 Å². The van der Waals surface area contributed by atoms with Gasteiger partial charge in [-0.3, -0.25) is 0 Å². The van der Waals surface area contributed by atoms with Gasteiger partial charge in [0.25, 0.3) is 0 Å². The topological polar surface area (TPSA) is 41.5 Å². The first kappa shape index (κ1) is 15.8. The van der Waals surface area contributed by atoms with Crippen molar-refractivity contribution >= 4 is 11.6 Å². The van der Waals surface area contributed by atoms with Crippen LogP contribution in [0.3, 0.4) is 0 Å². The Balaban J connectivity index is 1.62. The molecule has 2 aromatic carbocycles. The molecule has 0 saturated heterocycles. The second-order valence-corrected chi connectivity index (χ2v) is 5.24. The van der Waals surface area contributed by atoms with Crippen molar-refractivity contribution in [3.8, 4) is 5.75 Å². The number of aliphatic hydroxyl groups excluding tert-OH is 1. The van der Waals surface area contributed by atoms with E-state index >= 15 is 0 Å². The highest BCUT2D eigenvalue weighted by molar-refractivity contribution is 6.32. The molecule has 0 saturated carbocycles. The third-order valence-electron chi connectivity index (χ3n) is 3.08. The molecule has 0 heterocycles. The molecular weight excluding hydrogens is 286 g/mol. The molecule has 0 bridgehead atoms. The van der Waals surface area contributed by atoms with Crippen molar-refractivity contribution in [3.63, 3.8) is 0 Å². The van der Waals surface area contributed by atoms with Gasteiger partial charge in [0.05, 0.1) is 5.02 Å². The second kappa shape index (κ2) is 8.67. The lowest BCUT2D eigenvalue weighted by Gasteiger charge is -2.14. The monoisotopic (exact) mass is 305 g/mol. The summed E-state index contributed by atoms with van der Waals surface area (Å²) >= 11 is 5.98. The number of nitrogens with one attached hydrogen (secondary N) is 1. The molecule has 0 radical (unpaired) electrons. The third-order valence-corrected chi connectivity index (χ3v) is 3.39. The van der Waals surface area contributed by atoms with Crippen LogP contribution >= 0.6 is 11.6 Å². The number of benzene rings is 2. The minimum Gasteiger partial charge on any atom is -0.489 e. The lowest BCUT2D eigenvalue weighted by Crippen LogP contribution is -2.32. The van der Waals surface area contributed by atoms with Crippen LogP contribution in [0.15, 0.2) is 54.6 Å². The average Bonchev–Trinajstić information content (AvgIpc) is 2.52. The zero-order valence-corrected chi connectivity index (χ0v) is 12.6. The molecule has 2 aromatic rings. The molecule has 2 N–H and O–H groups in total. The molecular formula is C17H20ClNO2. The highest BCUT2D eigenvalue weighted by atomic mass is 35.5. The maximum absolute atomic E-state index is 9.87. The third kappa shape index (κ3) is 5.76. The van der Waals surface area contributed by atoms with Crippen LogP contribution in [0.25, 0.3) is 0 Å². The van der Waals surface area contributed by atoms with Gasteiger partial charge >= 0.3 is 0 Å². The summed E-state index contributed by atoms with van der Waals surface area (Å²) in [5.41, 5.74) is 1.28. The van der Waals surface area contributed by atoms with Gasteiger partial charge in [-0.25, -0.2) is 0 Å². The zero-order chi connectivity index (χ0) is 14.9. The van der Waals surface area contributed by atoms with Crippen LogP contribution in [0.2, 0.25) is 5.02 Å². The minimum atomic E-state index is -0.558. The summed E-state index contributed by atoms with van der Waals surface area (Å²) in [6.07, 6.45) is 0.385. The molecule has 2 rings (SSSR count). The Morgan fingerprint density at radius 1 is 1.05 bits per heavy atom. The van der Waals surface area contributed by atoms with E-state index in [1.807, 2.05) is 30.3 Å². The molecule has 0 spiro atoms.